The van der Waals surface area contributed by atoms with Crippen molar-refractivity contribution < 1.29 is 4.39 Å². The molecule has 0 saturated heterocycles. The summed E-state index contributed by atoms with van der Waals surface area (Å²) < 4.78 is 13.7. The molecular formula is C13H15ClFN. The highest BCUT2D eigenvalue weighted by molar-refractivity contribution is 6.30. The van der Waals surface area contributed by atoms with Crippen LogP contribution in [0, 0.1) is 17.7 Å². The molecule has 0 aliphatic heterocycles. The summed E-state index contributed by atoms with van der Waals surface area (Å²) in [5, 5.41) is 3.24. The molecular weight excluding hydrogens is 225 g/mol. The molecule has 0 amide bonds. The standard InChI is InChI=1S/C13H15ClFN/c1-3-4-5-9-12(16-2)10-7-6-8-11(14)13(10)15/h6-8,12,16H,5,9H2,1-2H3. The third-order valence-electron chi connectivity index (χ3n) is 2.44. The number of hydrogen-bond donors (Lipinski definition) is 1. The predicted octanol–water partition coefficient (Wildman–Crippen LogP) is 3.54. The molecule has 0 bridgehead atoms. The molecule has 1 atom stereocenters. The van der Waals surface area contributed by atoms with Gasteiger partial charge in [0.2, 0.25) is 0 Å². The lowest BCUT2D eigenvalue weighted by Gasteiger charge is -2.16. The molecule has 0 radical (unpaired) electrons. The van der Waals surface area contributed by atoms with E-state index in [-0.39, 0.29) is 16.9 Å². The van der Waals surface area contributed by atoms with Gasteiger partial charge in [-0.05, 0) is 26.5 Å². The molecule has 0 aliphatic rings. The highest BCUT2D eigenvalue weighted by atomic mass is 35.5. The maximum atomic E-state index is 13.7. The summed E-state index contributed by atoms with van der Waals surface area (Å²) in [4.78, 5) is 0. The van der Waals surface area contributed by atoms with Gasteiger partial charge >= 0.3 is 0 Å². The van der Waals surface area contributed by atoms with Crippen LogP contribution in [0.1, 0.15) is 31.4 Å². The molecule has 0 aliphatic carbocycles. The van der Waals surface area contributed by atoms with Crippen LogP contribution in [-0.4, -0.2) is 7.05 Å². The number of nitrogens with one attached hydrogen (secondary N) is 1. The Kier molecular flexibility index (Phi) is 5.31. The van der Waals surface area contributed by atoms with Crippen LogP contribution in [0.3, 0.4) is 0 Å². The van der Waals surface area contributed by atoms with E-state index in [2.05, 4.69) is 17.2 Å². The van der Waals surface area contributed by atoms with E-state index in [0.717, 1.165) is 12.8 Å². The third-order valence-corrected chi connectivity index (χ3v) is 2.73. The summed E-state index contributed by atoms with van der Waals surface area (Å²) in [6, 6.07) is 5.02. The summed E-state index contributed by atoms with van der Waals surface area (Å²) >= 11 is 5.75. The largest absolute Gasteiger partial charge is 0.313 e. The zero-order chi connectivity index (χ0) is 12.0. The van der Waals surface area contributed by atoms with Gasteiger partial charge in [0.05, 0.1) is 5.02 Å². The lowest BCUT2D eigenvalue weighted by molar-refractivity contribution is 0.514. The highest BCUT2D eigenvalue weighted by Crippen LogP contribution is 2.25. The Labute approximate surface area is 101 Å². The first-order chi connectivity index (χ1) is 7.70. The van der Waals surface area contributed by atoms with Gasteiger partial charge in [-0.3, -0.25) is 0 Å². The van der Waals surface area contributed by atoms with Gasteiger partial charge in [0, 0.05) is 18.0 Å². The summed E-state index contributed by atoms with van der Waals surface area (Å²) in [5.41, 5.74) is 0.605. The summed E-state index contributed by atoms with van der Waals surface area (Å²) in [7, 11) is 1.81. The molecule has 1 N–H and O–H groups in total. The molecule has 1 aromatic rings. The normalized spacial score (nSPS) is 11.8. The van der Waals surface area contributed by atoms with Crippen molar-refractivity contribution in [1.82, 2.24) is 5.32 Å². The minimum Gasteiger partial charge on any atom is -0.313 e. The lowest BCUT2D eigenvalue weighted by Crippen LogP contribution is -2.17. The lowest BCUT2D eigenvalue weighted by atomic mass is 10.0. The van der Waals surface area contributed by atoms with Crippen LogP contribution in [0.2, 0.25) is 5.02 Å². The SMILES string of the molecule is CC#CCCC(NC)c1cccc(Cl)c1F. The Hall–Kier alpha value is -1.04. The van der Waals surface area contributed by atoms with E-state index in [1.165, 1.54) is 0 Å². The Morgan fingerprint density at radius 2 is 2.25 bits per heavy atom. The topological polar surface area (TPSA) is 12.0 Å². The van der Waals surface area contributed by atoms with Crippen molar-refractivity contribution in [2.45, 2.75) is 25.8 Å². The van der Waals surface area contributed by atoms with Gasteiger partial charge in [-0.15, -0.1) is 11.8 Å². The maximum absolute atomic E-state index is 13.7. The fraction of sp³-hybridized carbons (Fsp3) is 0.385. The first-order valence-electron chi connectivity index (χ1n) is 5.21. The van der Waals surface area contributed by atoms with Crippen molar-refractivity contribution >= 4 is 11.6 Å². The van der Waals surface area contributed by atoms with Crippen LogP contribution in [0.15, 0.2) is 18.2 Å². The van der Waals surface area contributed by atoms with Crippen molar-refractivity contribution in [3.63, 3.8) is 0 Å². The summed E-state index contributed by atoms with van der Waals surface area (Å²) in [6.45, 7) is 1.80. The molecule has 1 rings (SSSR count). The Balaban J connectivity index is 2.85. The monoisotopic (exact) mass is 239 g/mol. The van der Waals surface area contributed by atoms with Crippen molar-refractivity contribution in [2.24, 2.45) is 0 Å². The van der Waals surface area contributed by atoms with Crippen molar-refractivity contribution in [1.29, 1.82) is 0 Å². The highest BCUT2D eigenvalue weighted by Gasteiger charge is 2.14. The number of hydrogen-bond acceptors (Lipinski definition) is 1. The molecule has 0 heterocycles. The van der Waals surface area contributed by atoms with Crippen molar-refractivity contribution in [3.8, 4) is 11.8 Å². The molecule has 0 aromatic heterocycles. The Morgan fingerprint density at radius 1 is 1.50 bits per heavy atom. The van der Waals surface area contributed by atoms with Crippen LogP contribution >= 0.6 is 11.6 Å². The van der Waals surface area contributed by atoms with Crippen LogP contribution in [0.25, 0.3) is 0 Å². The van der Waals surface area contributed by atoms with E-state index >= 15 is 0 Å². The first-order valence-corrected chi connectivity index (χ1v) is 5.59. The molecule has 16 heavy (non-hydrogen) atoms. The van der Waals surface area contributed by atoms with Crippen LogP contribution in [0.4, 0.5) is 4.39 Å². The molecule has 86 valence electrons. The van der Waals surface area contributed by atoms with E-state index in [9.17, 15) is 4.39 Å². The van der Waals surface area contributed by atoms with Crippen LogP contribution in [-0.2, 0) is 0 Å². The number of rotatable bonds is 4. The van der Waals surface area contributed by atoms with Gasteiger partial charge < -0.3 is 5.32 Å². The zero-order valence-corrected chi connectivity index (χ0v) is 10.2. The summed E-state index contributed by atoms with van der Waals surface area (Å²) in [5.74, 6) is 5.46. The minimum atomic E-state index is -0.340. The maximum Gasteiger partial charge on any atom is 0.146 e. The second-order valence-electron chi connectivity index (χ2n) is 3.45. The quantitative estimate of drug-likeness (QED) is 0.793. The van der Waals surface area contributed by atoms with E-state index in [1.807, 2.05) is 7.05 Å². The molecule has 1 nitrogen and oxygen atoms in total. The average Bonchev–Trinajstić information content (AvgIpc) is 2.29. The average molecular weight is 240 g/mol. The van der Waals surface area contributed by atoms with Crippen LogP contribution in [0.5, 0.6) is 0 Å². The smallest absolute Gasteiger partial charge is 0.146 e. The van der Waals surface area contributed by atoms with Gasteiger partial charge in [-0.2, -0.15) is 0 Å². The van der Waals surface area contributed by atoms with Gasteiger partial charge in [0.1, 0.15) is 5.82 Å². The zero-order valence-electron chi connectivity index (χ0n) is 9.48. The first kappa shape index (κ1) is 13.0. The van der Waals surface area contributed by atoms with Crippen LogP contribution < -0.4 is 5.32 Å². The molecule has 0 saturated carbocycles. The molecule has 1 aromatic carbocycles. The predicted molar refractivity (Wildman–Crippen MR) is 65.9 cm³/mol. The van der Waals surface area contributed by atoms with Crippen molar-refractivity contribution in [3.05, 3.63) is 34.6 Å². The number of benzene rings is 1. The Bertz CT molecular complexity index is 406. The molecule has 0 fully saturated rings. The van der Waals surface area contributed by atoms with E-state index < -0.39 is 0 Å². The fourth-order valence-corrected chi connectivity index (χ4v) is 1.77. The van der Waals surface area contributed by atoms with Gasteiger partial charge in [-0.25, -0.2) is 4.39 Å². The van der Waals surface area contributed by atoms with Gasteiger partial charge in [0.15, 0.2) is 0 Å². The van der Waals surface area contributed by atoms with E-state index in [0.29, 0.717) is 5.56 Å². The van der Waals surface area contributed by atoms with Gasteiger partial charge in [0.25, 0.3) is 0 Å². The minimum absolute atomic E-state index is 0.0421. The molecule has 0 spiro atoms. The summed E-state index contributed by atoms with van der Waals surface area (Å²) in [6.07, 6.45) is 1.52. The Morgan fingerprint density at radius 3 is 2.88 bits per heavy atom. The molecule has 3 heteroatoms. The van der Waals surface area contributed by atoms with Gasteiger partial charge in [-0.1, -0.05) is 23.7 Å². The van der Waals surface area contributed by atoms with E-state index in [4.69, 9.17) is 11.6 Å². The molecule has 1 unspecified atom stereocenters. The van der Waals surface area contributed by atoms with Crippen molar-refractivity contribution in [2.75, 3.05) is 7.05 Å². The fourth-order valence-electron chi connectivity index (χ4n) is 1.59. The van der Waals surface area contributed by atoms with E-state index in [1.54, 1.807) is 25.1 Å². The third kappa shape index (κ3) is 3.23. The second-order valence-corrected chi connectivity index (χ2v) is 3.86. The second kappa shape index (κ2) is 6.52. The number of halogens is 2.